The number of amides is 1. The second-order valence-corrected chi connectivity index (χ2v) is 6.49. The third-order valence-corrected chi connectivity index (χ3v) is 4.27. The predicted molar refractivity (Wildman–Crippen MR) is 84.2 cm³/mol. The van der Waals surface area contributed by atoms with Gasteiger partial charge in [-0.3, -0.25) is 4.79 Å². The van der Waals surface area contributed by atoms with E-state index in [9.17, 15) is 31.1 Å². The van der Waals surface area contributed by atoms with Gasteiger partial charge >= 0.3 is 12.4 Å². The van der Waals surface area contributed by atoms with Crippen molar-refractivity contribution in [1.82, 2.24) is 5.32 Å². The monoisotopic (exact) mass is 397 g/mol. The van der Waals surface area contributed by atoms with Crippen LogP contribution in [0.25, 0.3) is 6.08 Å². The molecule has 0 radical (unpaired) electrons. The summed E-state index contributed by atoms with van der Waals surface area (Å²) in [4.78, 5) is 11.2. The van der Waals surface area contributed by atoms with Crippen LogP contribution >= 0.6 is 23.1 Å². The zero-order chi connectivity index (χ0) is 18.7. The number of hydrogen-bond donors (Lipinski definition) is 1. The minimum atomic E-state index is -4.95. The molecule has 0 saturated carbocycles. The lowest BCUT2D eigenvalue weighted by atomic mass is 10.1. The Morgan fingerprint density at radius 2 is 1.64 bits per heavy atom. The number of carbonyl (C=O) groups is 1. The first-order chi connectivity index (χ1) is 11.6. The third-order valence-electron chi connectivity index (χ3n) is 2.79. The molecule has 0 spiro atoms. The number of nitrogens with one attached hydrogen (secondary N) is 1. The van der Waals surface area contributed by atoms with Gasteiger partial charge in [-0.2, -0.15) is 37.7 Å². The van der Waals surface area contributed by atoms with Crippen LogP contribution in [-0.4, -0.2) is 5.24 Å². The first-order valence-electron chi connectivity index (χ1n) is 6.52. The Balaban J connectivity index is 2.16. The van der Waals surface area contributed by atoms with Crippen molar-refractivity contribution < 1.29 is 31.1 Å². The quantitative estimate of drug-likeness (QED) is 0.489. The van der Waals surface area contributed by atoms with Crippen LogP contribution in [0.3, 0.4) is 0 Å². The van der Waals surface area contributed by atoms with Crippen LogP contribution in [0.5, 0.6) is 0 Å². The Kier molecular flexibility index (Phi) is 5.83. The van der Waals surface area contributed by atoms with Crippen molar-refractivity contribution in [2.75, 3.05) is 0 Å². The normalized spacial score (nSPS) is 12.6. The highest BCUT2D eigenvalue weighted by Gasteiger charge is 2.37. The van der Waals surface area contributed by atoms with Crippen LogP contribution in [0.15, 0.2) is 46.1 Å². The molecule has 0 bridgehead atoms. The zero-order valence-corrected chi connectivity index (χ0v) is 13.7. The minimum Gasteiger partial charge on any atom is -0.323 e. The summed E-state index contributed by atoms with van der Waals surface area (Å²) in [5, 5.41) is 5.06. The molecule has 2 aromatic rings. The van der Waals surface area contributed by atoms with Crippen LogP contribution in [0.4, 0.5) is 31.1 Å². The molecular weight excluding hydrogens is 388 g/mol. The van der Waals surface area contributed by atoms with Gasteiger partial charge in [-0.05, 0) is 58.4 Å². The molecule has 0 fully saturated rings. The number of halogens is 6. The number of benzene rings is 1. The lowest BCUT2D eigenvalue weighted by Crippen LogP contribution is -2.13. The Bertz CT molecular complexity index is 733. The molecule has 0 aliphatic rings. The Hall–Kier alpha value is -1.94. The van der Waals surface area contributed by atoms with E-state index in [0.717, 1.165) is 5.56 Å². The van der Waals surface area contributed by atoms with Gasteiger partial charge in [0.15, 0.2) is 0 Å². The summed E-state index contributed by atoms with van der Waals surface area (Å²) in [6, 6.07) is 2.78. The molecule has 0 unspecified atom stereocenters. The molecule has 1 aromatic heterocycles. The molecule has 25 heavy (non-hydrogen) atoms. The van der Waals surface area contributed by atoms with E-state index in [4.69, 9.17) is 0 Å². The zero-order valence-electron chi connectivity index (χ0n) is 12.1. The maximum atomic E-state index is 12.7. The van der Waals surface area contributed by atoms with Crippen LogP contribution in [-0.2, 0) is 12.4 Å². The molecule has 2 rings (SSSR count). The fourth-order valence-electron chi connectivity index (χ4n) is 1.70. The van der Waals surface area contributed by atoms with Gasteiger partial charge in [0.05, 0.1) is 11.1 Å². The Labute approximate surface area is 146 Å². The summed E-state index contributed by atoms with van der Waals surface area (Å²) in [5.41, 5.74) is -2.13. The van der Waals surface area contributed by atoms with Crippen LogP contribution in [0.1, 0.15) is 16.7 Å². The van der Waals surface area contributed by atoms with E-state index in [1.165, 1.54) is 17.5 Å². The van der Waals surface area contributed by atoms with E-state index in [2.05, 4.69) is 5.32 Å². The van der Waals surface area contributed by atoms with E-state index in [-0.39, 0.29) is 17.8 Å². The highest BCUT2D eigenvalue weighted by atomic mass is 32.2. The van der Waals surface area contributed by atoms with Gasteiger partial charge in [-0.25, -0.2) is 0 Å². The summed E-state index contributed by atoms with van der Waals surface area (Å²) >= 11 is 1.67. The summed E-state index contributed by atoms with van der Waals surface area (Å²) in [6.45, 7) is 0. The van der Waals surface area contributed by atoms with Crippen molar-refractivity contribution in [3.8, 4) is 0 Å². The molecule has 0 atom stereocenters. The SMILES string of the molecule is O=C(NC=Cc1ccsc1)Sc1cc(C(F)(F)F)cc(C(F)(F)F)c1. The topological polar surface area (TPSA) is 29.1 Å². The van der Waals surface area contributed by atoms with E-state index in [1.54, 1.807) is 22.9 Å². The van der Waals surface area contributed by atoms with Gasteiger partial charge in [-0.1, -0.05) is 0 Å². The maximum Gasteiger partial charge on any atom is 0.416 e. The third kappa shape index (κ3) is 5.82. The number of thioether (sulfide) groups is 1. The maximum absolute atomic E-state index is 12.7. The van der Waals surface area contributed by atoms with Crippen LogP contribution in [0, 0.1) is 0 Å². The number of thiophene rings is 1. The largest absolute Gasteiger partial charge is 0.416 e. The second kappa shape index (κ2) is 7.52. The number of carbonyl (C=O) groups excluding carboxylic acids is 1. The Morgan fingerprint density at radius 3 is 2.12 bits per heavy atom. The summed E-state index contributed by atoms with van der Waals surface area (Å²) < 4.78 is 76.5. The highest BCUT2D eigenvalue weighted by molar-refractivity contribution is 8.13. The summed E-state index contributed by atoms with van der Waals surface area (Å²) in [5.74, 6) is 0. The average molecular weight is 397 g/mol. The molecule has 2 nitrogen and oxygen atoms in total. The van der Waals surface area contributed by atoms with E-state index in [0.29, 0.717) is 12.1 Å². The molecule has 0 aliphatic carbocycles. The first kappa shape index (κ1) is 19.4. The van der Waals surface area contributed by atoms with Crippen molar-refractivity contribution in [3.63, 3.8) is 0 Å². The van der Waals surface area contributed by atoms with Gasteiger partial charge < -0.3 is 5.32 Å². The van der Waals surface area contributed by atoms with Gasteiger partial charge in [0.2, 0.25) is 0 Å². The average Bonchev–Trinajstić information content (AvgIpc) is 2.98. The summed E-state index contributed by atoms with van der Waals surface area (Å²) in [6.07, 6.45) is -7.10. The van der Waals surface area contributed by atoms with Gasteiger partial charge in [0.1, 0.15) is 0 Å². The van der Waals surface area contributed by atoms with Crippen LogP contribution in [0.2, 0.25) is 0 Å². The molecule has 1 aromatic carbocycles. The Morgan fingerprint density at radius 1 is 1.04 bits per heavy atom. The molecule has 134 valence electrons. The lowest BCUT2D eigenvalue weighted by molar-refractivity contribution is -0.143. The van der Waals surface area contributed by atoms with E-state index >= 15 is 0 Å². The molecular formula is C15H9F6NOS2. The van der Waals surface area contributed by atoms with Crippen molar-refractivity contribution in [1.29, 1.82) is 0 Å². The molecule has 1 amide bonds. The van der Waals surface area contributed by atoms with E-state index < -0.39 is 33.6 Å². The summed E-state index contributed by atoms with van der Waals surface area (Å²) in [7, 11) is 0. The lowest BCUT2D eigenvalue weighted by Gasteiger charge is -2.13. The molecule has 10 heteroatoms. The van der Waals surface area contributed by atoms with Crippen molar-refractivity contribution in [3.05, 3.63) is 57.9 Å². The smallest absolute Gasteiger partial charge is 0.323 e. The van der Waals surface area contributed by atoms with Crippen molar-refractivity contribution in [2.45, 2.75) is 17.2 Å². The van der Waals surface area contributed by atoms with Crippen LogP contribution < -0.4 is 5.32 Å². The number of rotatable bonds is 3. The van der Waals surface area contributed by atoms with Gasteiger partial charge in [-0.15, -0.1) is 0 Å². The number of hydrogen-bond acceptors (Lipinski definition) is 3. The second-order valence-electron chi connectivity index (χ2n) is 4.67. The van der Waals surface area contributed by atoms with Crippen molar-refractivity contribution >= 4 is 34.4 Å². The van der Waals surface area contributed by atoms with Gasteiger partial charge in [0, 0.05) is 11.1 Å². The minimum absolute atomic E-state index is 0.0123. The van der Waals surface area contributed by atoms with E-state index in [1.807, 2.05) is 0 Å². The van der Waals surface area contributed by atoms with Gasteiger partial charge in [0.25, 0.3) is 5.24 Å². The first-order valence-corrected chi connectivity index (χ1v) is 8.28. The molecule has 1 N–H and O–H groups in total. The number of alkyl halides is 6. The highest BCUT2D eigenvalue weighted by Crippen LogP contribution is 2.38. The van der Waals surface area contributed by atoms with Crippen molar-refractivity contribution in [2.24, 2.45) is 0 Å². The molecule has 0 aliphatic heterocycles. The fraction of sp³-hybridized carbons (Fsp3) is 0.133. The molecule has 0 saturated heterocycles. The fourth-order valence-corrected chi connectivity index (χ4v) is 3.04. The predicted octanol–water partition coefficient (Wildman–Crippen LogP) is 6.26. The molecule has 1 heterocycles. The standard InChI is InChI=1S/C15H9F6NOS2/c16-14(17,18)10-5-11(15(19,20)21)7-12(6-10)25-13(23)22-3-1-9-2-4-24-8-9/h1-8H,(H,22,23).